The normalized spacial score (nSPS) is 23.9. The molecule has 1 aromatic rings. The number of carbonyl (C=O) groups excluding carboxylic acids is 2. The molecule has 2 amide bonds. The zero-order valence-corrected chi connectivity index (χ0v) is 23.5. The van der Waals surface area contributed by atoms with Crippen LogP contribution in [0.1, 0.15) is 5.82 Å². The van der Waals surface area contributed by atoms with Crippen molar-refractivity contribution in [1.82, 2.24) is 23.9 Å². The number of carbonyl (C=O) groups is 3. The van der Waals surface area contributed by atoms with E-state index in [2.05, 4.69) is 19.8 Å². The van der Waals surface area contributed by atoms with Crippen molar-refractivity contribution in [3.05, 3.63) is 29.2 Å². The van der Waals surface area contributed by atoms with Gasteiger partial charge in [0, 0.05) is 17.3 Å². The van der Waals surface area contributed by atoms with Gasteiger partial charge in [0.1, 0.15) is 24.2 Å². The lowest BCUT2D eigenvalue weighted by molar-refractivity contribution is -0.907. The SMILES string of the molecule is CO/N=C(\C(=O)N[C@@H]1C(=O)N2C(C(=O)O)=C(/C=C/C[N+]3(C)CCN(S(N)(=O)=O)CC3)CS[C@@H]12)c1nsc(N)n1. The van der Waals surface area contributed by atoms with Crippen LogP contribution in [0.5, 0.6) is 0 Å². The topological polar surface area (TPSA) is 224 Å². The van der Waals surface area contributed by atoms with Gasteiger partial charge in [0.05, 0.1) is 39.8 Å². The number of nitrogens with one attached hydrogen (secondary N) is 1. The predicted molar refractivity (Wildman–Crippen MR) is 142 cm³/mol. The minimum Gasteiger partial charge on any atom is -0.477 e. The largest absolute Gasteiger partial charge is 0.477 e. The Hall–Kier alpha value is -3.10. The van der Waals surface area contributed by atoms with Crippen LogP contribution in [0.25, 0.3) is 0 Å². The molecule has 3 aliphatic heterocycles. The van der Waals surface area contributed by atoms with Crippen molar-refractivity contribution in [2.75, 3.05) is 58.4 Å². The number of hydrogen-bond acceptors (Lipinski definition) is 12. The van der Waals surface area contributed by atoms with E-state index in [1.54, 1.807) is 6.08 Å². The van der Waals surface area contributed by atoms with Gasteiger partial charge in [0.2, 0.25) is 11.5 Å². The van der Waals surface area contributed by atoms with Gasteiger partial charge in [-0.3, -0.25) is 14.5 Å². The van der Waals surface area contributed by atoms with E-state index in [1.165, 1.54) is 23.2 Å². The molecule has 0 spiro atoms. The highest BCUT2D eigenvalue weighted by Gasteiger charge is 2.54. The average Bonchev–Trinajstić information content (AvgIpc) is 3.30. The fourth-order valence-electron chi connectivity index (χ4n) is 4.40. The number of carboxylic acid groups (broad SMARTS) is 1. The molecule has 2 fully saturated rings. The monoisotopic (exact) mass is 602 g/mol. The number of nitrogens with zero attached hydrogens (tertiary/aromatic N) is 6. The molecule has 0 saturated carbocycles. The molecule has 0 bridgehead atoms. The lowest BCUT2D eigenvalue weighted by atomic mass is 10.0. The lowest BCUT2D eigenvalue weighted by Crippen LogP contribution is -2.71. The minimum atomic E-state index is -3.73. The van der Waals surface area contributed by atoms with Gasteiger partial charge in [-0.2, -0.15) is 22.1 Å². The van der Waals surface area contributed by atoms with Crippen LogP contribution >= 0.6 is 23.3 Å². The molecule has 1 aromatic heterocycles. The molecule has 4 heterocycles. The van der Waals surface area contributed by atoms with Gasteiger partial charge >= 0.3 is 5.97 Å². The number of nitrogen functional groups attached to an aromatic ring is 1. The molecule has 4 rings (SSSR count). The number of aromatic nitrogens is 2. The Morgan fingerprint density at radius 1 is 1.36 bits per heavy atom. The molecule has 212 valence electrons. The summed E-state index contributed by atoms with van der Waals surface area (Å²) in [5.74, 6) is -2.36. The summed E-state index contributed by atoms with van der Waals surface area (Å²) < 4.78 is 28.8. The second kappa shape index (κ2) is 11.2. The van der Waals surface area contributed by atoms with Crippen LogP contribution in [-0.4, -0.2) is 124 Å². The van der Waals surface area contributed by atoms with E-state index >= 15 is 0 Å². The van der Waals surface area contributed by atoms with Gasteiger partial charge in [0.25, 0.3) is 22.0 Å². The lowest BCUT2D eigenvalue weighted by Gasteiger charge is -2.49. The molecule has 39 heavy (non-hydrogen) atoms. The van der Waals surface area contributed by atoms with Crippen LogP contribution in [0.4, 0.5) is 5.13 Å². The number of hydrogen-bond donors (Lipinski definition) is 4. The number of amides is 2. The number of carboxylic acids is 1. The third-order valence-electron chi connectivity index (χ3n) is 6.54. The Labute approximate surface area is 232 Å². The number of thioether (sulfide) groups is 1. The first-order valence-corrected chi connectivity index (χ1v) is 14.9. The standard InChI is InChI=1S/C20H27N9O7S3/c1-29(8-5-27(6-9-29)39(22,34)35)7-3-4-11-10-37-18-13(17(31)28(18)14(11)19(32)33)23-16(30)12(25-36-2)15-24-20(21)38-26-15/h3-4,13,18H,5-10H2,1-2H3,(H5-,21,22,23,24,26,30,32,33,34,35)/p+1/b4-3+,25-12-/t13-,18+/m1/s1. The third-order valence-corrected chi connectivity index (χ3v) is 9.47. The van der Waals surface area contributed by atoms with Gasteiger partial charge in [-0.15, -0.1) is 11.8 Å². The zero-order valence-electron chi connectivity index (χ0n) is 21.0. The van der Waals surface area contributed by atoms with Crippen molar-refractivity contribution in [2.24, 2.45) is 10.3 Å². The molecule has 6 N–H and O–H groups in total. The molecule has 0 aromatic carbocycles. The number of allylic oxidation sites excluding steroid dienone is 1. The fourth-order valence-corrected chi connectivity index (χ4v) is 6.83. The number of quaternary nitrogens is 1. The van der Waals surface area contributed by atoms with Crippen LogP contribution in [0.2, 0.25) is 0 Å². The summed E-state index contributed by atoms with van der Waals surface area (Å²) in [4.78, 5) is 47.8. The summed E-state index contributed by atoms with van der Waals surface area (Å²) in [6, 6.07) is -0.986. The van der Waals surface area contributed by atoms with Crippen molar-refractivity contribution in [3.63, 3.8) is 0 Å². The Balaban J connectivity index is 1.44. The Bertz CT molecular complexity index is 1370. The summed E-state index contributed by atoms with van der Waals surface area (Å²) >= 11 is 2.18. The van der Waals surface area contributed by atoms with Crippen LogP contribution in [0.3, 0.4) is 0 Å². The average molecular weight is 603 g/mol. The molecule has 2 saturated heterocycles. The number of anilines is 1. The van der Waals surface area contributed by atoms with Gasteiger partial charge in [-0.05, 0) is 11.6 Å². The minimum absolute atomic E-state index is 0.0576. The first kappa shape index (κ1) is 28.9. The molecule has 0 unspecified atom stereocenters. The summed E-state index contributed by atoms with van der Waals surface area (Å²) in [5, 5.41) is 20.8. The number of fused-ring (bicyclic) bond motifs is 1. The van der Waals surface area contributed by atoms with Gasteiger partial charge < -0.3 is 25.5 Å². The van der Waals surface area contributed by atoms with Gasteiger partial charge in [-0.1, -0.05) is 11.2 Å². The first-order chi connectivity index (χ1) is 18.3. The Morgan fingerprint density at radius 2 is 2.05 bits per heavy atom. The quantitative estimate of drug-likeness (QED) is 0.102. The number of rotatable bonds is 9. The zero-order chi connectivity index (χ0) is 28.5. The predicted octanol–water partition coefficient (Wildman–Crippen LogP) is -2.27. The number of likely N-dealkylation sites (N-methyl/N-ethyl adjacent to an activating group) is 1. The van der Waals surface area contributed by atoms with E-state index < -0.39 is 39.4 Å². The molecule has 0 aliphatic carbocycles. The van der Waals surface area contributed by atoms with E-state index in [1.807, 2.05) is 13.1 Å². The van der Waals surface area contributed by atoms with E-state index in [9.17, 15) is 27.9 Å². The molecule has 0 radical (unpaired) electrons. The van der Waals surface area contributed by atoms with Crippen molar-refractivity contribution < 1.29 is 37.2 Å². The number of aliphatic carboxylic acids is 1. The van der Waals surface area contributed by atoms with Gasteiger partial charge in [0.15, 0.2) is 5.13 Å². The molecule has 3 aliphatic rings. The molecular formula is C20H28N9O7S3+. The Kier molecular flexibility index (Phi) is 8.28. The Morgan fingerprint density at radius 3 is 2.62 bits per heavy atom. The number of oxime groups is 1. The smallest absolute Gasteiger partial charge is 0.352 e. The molecule has 19 heteroatoms. The third kappa shape index (κ3) is 6.07. The van der Waals surface area contributed by atoms with E-state index in [-0.39, 0.29) is 22.4 Å². The van der Waals surface area contributed by atoms with E-state index in [4.69, 9.17) is 15.7 Å². The first-order valence-electron chi connectivity index (χ1n) is 11.6. The van der Waals surface area contributed by atoms with Crippen molar-refractivity contribution in [2.45, 2.75) is 11.4 Å². The maximum atomic E-state index is 13.0. The molecule has 2 atom stereocenters. The fraction of sp³-hybridized carbons (Fsp3) is 0.500. The van der Waals surface area contributed by atoms with Crippen LogP contribution in [-0.2, 0) is 29.4 Å². The summed E-state index contributed by atoms with van der Waals surface area (Å²) in [5.41, 5.74) is 5.63. The highest BCUT2D eigenvalue weighted by Crippen LogP contribution is 2.40. The van der Waals surface area contributed by atoms with E-state index in [0.29, 0.717) is 48.5 Å². The number of nitrogens with two attached hydrogens (primary N) is 2. The maximum Gasteiger partial charge on any atom is 0.352 e. The summed E-state index contributed by atoms with van der Waals surface area (Å²) in [7, 11) is -0.515. The van der Waals surface area contributed by atoms with Crippen LogP contribution in [0.15, 0.2) is 28.6 Å². The molecular weight excluding hydrogens is 574 g/mol. The van der Waals surface area contributed by atoms with Gasteiger partial charge in [-0.25, -0.2) is 9.93 Å². The van der Waals surface area contributed by atoms with Crippen molar-refractivity contribution in [1.29, 1.82) is 0 Å². The second-order valence-electron chi connectivity index (χ2n) is 9.21. The number of β-lactam (4-membered cyclic amide) rings is 1. The highest BCUT2D eigenvalue weighted by molar-refractivity contribution is 8.00. The maximum absolute atomic E-state index is 13.0. The molecule has 16 nitrogen and oxygen atoms in total. The van der Waals surface area contributed by atoms with Crippen LogP contribution in [0, 0.1) is 0 Å². The summed E-state index contributed by atoms with van der Waals surface area (Å²) in [6.07, 6.45) is 3.51. The van der Waals surface area contributed by atoms with Crippen molar-refractivity contribution >= 4 is 62.1 Å². The van der Waals surface area contributed by atoms with E-state index in [0.717, 1.165) is 16.4 Å². The highest BCUT2D eigenvalue weighted by atomic mass is 32.2. The second-order valence-corrected chi connectivity index (χ2v) is 12.6. The van der Waals surface area contributed by atoms with Crippen LogP contribution < -0.4 is 16.2 Å². The summed E-state index contributed by atoms with van der Waals surface area (Å²) in [6.45, 7) is 2.22. The number of piperazine rings is 1. The van der Waals surface area contributed by atoms with Crippen molar-refractivity contribution in [3.8, 4) is 0 Å².